The Morgan fingerprint density at radius 1 is 1.20 bits per heavy atom. The van der Waals surface area contributed by atoms with Gasteiger partial charge in [-0.2, -0.15) is 0 Å². The topological polar surface area (TPSA) is 64.6 Å². The predicted molar refractivity (Wildman–Crippen MR) is 104 cm³/mol. The van der Waals surface area contributed by atoms with E-state index in [1.807, 2.05) is 37.3 Å². The van der Waals surface area contributed by atoms with Gasteiger partial charge >= 0.3 is 0 Å². The lowest BCUT2D eigenvalue weighted by molar-refractivity contribution is -0.123. The summed E-state index contributed by atoms with van der Waals surface area (Å²) < 4.78 is 11.9. The van der Waals surface area contributed by atoms with Crippen molar-refractivity contribution in [2.24, 2.45) is 0 Å². The molecule has 0 aliphatic rings. The third kappa shape index (κ3) is 6.04. The minimum Gasteiger partial charge on any atom is -0.490 e. The Morgan fingerprint density at radius 2 is 1.96 bits per heavy atom. The van der Waals surface area contributed by atoms with E-state index < -0.39 is 0 Å². The monoisotopic (exact) mass is 453 g/mol. The van der Waals surface area contributed by atoms with Crippen LogP contribution in [0.15, 0.2) is 42.5 Å². The molecule has 2 aromatic carbocycles. The van der Waals surface area contributed by atoms with Crippen LogP contribution < -0.4 is 14.8 Å². The van der Waals surface area contributed by atoms with Crippen molar-refractivity contribution in [1.82, 2.24) is 5.32 Å². The summed E-state index contributed by atoms with van der Waals surface area (Å²) >= 11 is 2.06. The molecule has 0 spiro atoms. The lowest BCUT2D eigenvalue weighted by Gasteiger charge is -2.14. The van der Waals surface area contributed by atoms with Crippen molar-refractivity contribution < 1.29 is 19.1 Å². The Kier molecular flexibility index (Phi) is 7.72. The van der Waals surface area contributed by atoms with Crippen molar-refractivity contribution in [3.05, 3.63) is 57.2 Å². The van der Waals surface area contributed by atoms with Gasteiger partial charge in [-0.25, -0.2) is 0 Å². The molecule has 0 aliphatic heterocycles. The first kappa shape index (κ1) is 19.2. The molecular weight excluding hydrogens is 433 g/mol. The smallest absolute Gasteiger partial charge is 0.257 e. The Balaban J connectivity index is 1.89. The number of hydrogen-bond donors (Lipinski definition) is 1. The zero-order valence-corrected chi connectivity index (χ0v) is 16.1. The summed E-state index contributed by atoms with van der Waals surface area (Å²) in [6, 6.07) is 13.3. The summed E-state index contributed by atoms with van der Waals surface area (Å²) in [6.45, 7) is 2.73. The summed E-state index contributed by atoms with van der Waals surface area (Å²) in [5, 5.41) is 2.83. The van der Waals surface area contributed by atoms with E-state index in [4.69, 9.17) is 9.47 Å². The van der Waals surface area contributed by atoms with E-state index in [1.54, 1.807) is 12.1 Å². The number of aldehydes is 1. The summed E-state index contributed by atoms with van der Waals surface area (Å²) in [4.78, 5) is 22.9. The second kappa shape index (κ2) is 10.0. The Labute approximate surface area is 160 Å². The second-order valence-corrected chi connectivity index (χ2v) is 6.42. The van der Waals surface area contributed by atoms with Gasteiger partial charge in [0.25, 0.3) is 5.91 Å². The lowest BCUT2D eigenvalue weighted by atomic mass is 10.1. The molecule has 0 heterocycles. The first-order valence-electron chi connectivity index (χ1n) is 7.99. The van der Waals surface area contributed by atoms with Crippen molar-refractivity contribution in [2.75, 3.05) is 19.8 Å². The number of benzene rings is 2. The fourth-order valence-corrected chi connectivity index (χ4v) is 3.02. The zero-order valence-electron chi connectivity index (χ0n) is 14.0. The average Bonchev–Trinajstić information content (AvgIpc) is 2.62. The van der Waals surface area contributed by atoms with Gasteiger partial charge in [0, 0.05) is 12.1 Å². The van der Waals surface area contributed by atoms with E-state index >= 15 is 0 Å². The maximum absolute atomic E-state index is 12.0. The van der Waals surface area contributed by atoms with Crippen LogP contribution >= 0.6 is 22.6 Å². The van der Waals surface area contributed by atoms with Gasteiger partial charge in [0.1, 0.15) is 6.29 Å². The van der Waals surface area contributed by atoms with Crippen LogP contribution in [-0.4, -0.2) is 32.0 Å². The van der Waals surface area contributed by atoms with E-state index in [1.165, 1.54) is 5.56 Å². The van der Waals surface area contributed by atoms with Gasteiger partial charge in [0.05, 0.1) is 10.2 Å². The van der Waals surface area contributed by atoms with Crippen LogP contribution in [-0.2, 0) is 11.2 Å². The van der Waals surface area contributed by atoms with Crippen LogP contribution in [0.2, 0.25) is 0 Å². The number of rotatable bonds is 9. The molecule has 1 amide bonds. The molecule has 0 saturated heterocycles. The molecule has 0 radical (unpaired) electrons. The fraction of sp³-hybridized carbons (Fsp3) is 0.263. The SMILES string of the molecule is CCOc1cc(C=O)cc(I)c1OCC(=O)NCCc1ccccc1. The number of nitrogens with one attached hydrogen (secondary N) is 1. The lowest BCUT2D eigenvalue weighted by Crippen LogP contribution is -2.30. The fourth-order valence-electron chi connectivity index (χ4n) is 2.24. The van der Waals surface area contributed by atoms with Gasteiger partial charge in [-0.15, -0.1) is 0 Å². The van der Waals surface area contributed by atoms with Gasteiger partial charge in [-0.05, 0) is 53.6 Å². The summed E-state index contributed by atoms with van der Waals surface area (Å²) in [6.07, 6.45) is 1.52. The van der Waals surface area contributed by atoms with Gasteiger partial charge < -0.3 is 14.8 Å². The molecule has 5 nitrogen and oxygen atoms in total. The zero-order chi connectivity index (χ0) is 18.1. The van der Waals surface area contributed by atoms with Crippen molar-refractivity contribution in [1.29, 1.82) is 0 Å². The van der Waals surface area contributed by atoms with Crippen LogP contribution in [0, 0.1) is 3.57 Å². The minimum absolute atomic E-state index is 0.106. The van der Waals surface area contributed by atoms with Gasteiger partial charge in [-0.1, -0.05) is 30.3 Å². The Hall–Kier alpha value is -2.09. The molecule has 0 aromatic heterocycles. The van der Waals surface area contributed by atoms with Gasteiger partial charge in [0.15, 0.2) is 18.1 Å². The minimum atomic E-state index is -0.200. The highest BCUT2D eigenvalue weighted by Gasteiger charge is 2.13. The van der Waals surface area contributed by atoms with Crippen molar-refractivity contribution in [2.45, 2.75) is 13.3 Å². The van der Waals surface area contributed by atoms with E-state index in [2.05, 4.69) is 27.9 Å². The number of halogens is 1. The molecule has 132 valence electrons. The largest absolute Gasteiger partial charge is 0.490 e. The molecule has 2 aromatic rings. The summed E-state index contributed by atoms with van der Waals surface area (Å²) in [7, 11) is 0. The average molecular weight is 453 g/mol. The van der Waals surface area contributed by atoms with E-state index in [9.17, 15) is 9.59 Å². The number of carbonyl (C=O) groups is 2. The van der Waals surface area contributed by atoms with E-state index in [-0.39, 0.29) is 12.5 Å². The quantitative estimate of drug-likeness (QED) is 0.468. The Morgan fingerprint density at radius 3 is 2.64 bits per heavy atom. The maximum atomic E-state index is 12.0. The number of hydrogen-bond acceptors (Lipinski definition) is 4. The molecule has 0 bridgehead atoms. The second-order valence-electron chi connectivity index (χ2n) is 5.26. The van der Waals surface area contributed by atoms with Crippen LogP contribution in [0.5, 0.6) is 11.5 Å². The van der Waals surface area contributed by atoms with Crippen molar-refractivity contribution >= 4 is 34.8 Å². The van der Waals surface area contributed by atoms with Gasteiger partial charge in [-0.3, -0.25) is 9.59 Å². The summed E-state index contributed by atoms with van der Waals surface area (Å²) in [5.41, 5.74) is 1.67. The molecule has 25 heavy (non-hydrogen) atoms. The highest BCUT2D eigenvalue weighted by Crippen LogP contribution is 2.33. The molecule has 0 saturated carbocycles. The molecule has 1 N–H and O–H groups in total. The third-order valence-electron chi connectivity index (χ3n) is 3.39. The maximum Gasteiger partial charge on any atom is 0.257 e. The highest BCUT2D eigenvalue weighted by molar-refractivity contribution is 14.1. The van der Waals surface area contributed by atoms with E-state index in [0.717, 1.165) is 16.3 Å². The number of carbonyl (C=O) groups excluding carboxylic acids is 2. The molecule has 0 unspecified atom stereocenters. The van der Waals surface area contributed by atoms with Crippen LogP contribution in [0.4, 0.5) is 0 Å². The van der Waals surface area contributed by atoms with Crippen LogP contribution in [0.25, 0.3) is 0 Å². The van der Waals surface area contributed by atoms with E-state index in [0.29, 0.717) is 30.2 Å². The van der Waals surface area contributed by atoms with Crippen molar-refractivity contribution in [3.63, 3.8) is 0 Å². The molecule has 6 heteroatoms. The number of ether oxygens (including phenoxy) is 2. The molecule has 2 rings (SSSR count). The molecular formula is C19H20INO4. The van der Waals surface area contributed by atoms with Crippen molar-refractivity contribution in [3.8, 4) is 11.5 Å². The number of amides is 1. The Bertz CT molecular complexity index is 719. The molecule has 0 fully saturated rings. The normalized spacial score (nSPS) is 10.2. The highest BCUT2D eigenvalue weighted by atomic mass is 127. The first-order valence-corrected chi connectivity index (χ1v) is 9.06. The van der Waals surface area contributed by atoms with Crippen LogP contribution in [0.1, 0.15) is 22.8 Å². The molecule has 0 aliphatic carbocycles. The molecule has 0 atom stereocenters. The summed E-state index contributed by atoms with van der Waals surface area (Å²) in [5.74, 6) is 0.744. The third-order valence-corrected chi connectivity index (χ3v) is 4.20. The first-order chi connectivity index (χ1) is 12.1. The predicted octanol–water partition coefficient (Wildman–Crippen LogP) is 3.24. The standard InChI is InChI=1S/C19H20INO4/c1-2-24-17-11-15(12-22)10-16(20)19(17)25-13-18(23)21-9-8-14-6-4-3-5-7-14/h3-7,10-12H,2,8-9,13H2,1H3,(H,21,23). The van der Waals surface area contributed by atoms with Crippen LogP contribution in [0.3, 0.4) is 0 Å². The van der Waals surface area contributed by atoms with Gasteiger partial charge in [0.2, 0.25) is 0 Å².